The Labute approximate surface area is 88.6 Å². The molecule has 82 valence electrons. The Kier molecular flexibility index (Phi) is 2.61. The average molecular weight is 209 g/mol. The number of nitrogens with zero attached hydrogens (tertiary/aromatic N) is 1. The zero-order valence-corrected chi connectivity index (χ0v) is 8.82. The first kappa shape index (κ1) is 10.4. The molecule has 0 aromatic carbocycles. The normalized spacial score (nSPS) is 26.7. The minimum absolute atomic E-state index is 0.212. The Morgan fingerprint density at radius 3 is 2.47 bits per heavy atom. The molecule has 2 rings (SSSR count). The van der Waals surface area contributed by atoms with E-state index >= 15 is 0 Å². The smallest absolute Gasteiger partial charge is 0.202 e. The Morgan fingerprint density at radius 1 is 1.33 bits per heavy atom. The molecule has 1 atom stereocenters. The van der Waals surface area contributed by atoms with Crippen LogP contribution in [-0.2, 0) is 9.59 Å². The van der Waals surface area contributed by atoms with Crippen LogP contribution < -0.4 is 0 Å². The van der Waals surface area contributed by atoms with E-state index in [0.717, 1.165) is 25.9 Å². The van der Waals surface area contributed by atoms with E-state index in [1.54, 1.807) is 0 Å². The van der Waals surface area contributed by atoms with E-state index in [2.05, 4.69) is 0 Å². The number of carbonyl (C=O) groups excluding carboxylic acids is 2. The van der Waals surface area contributed by atoms with Crippen molar-refractivity contribution in [1.29, 1.82) is 0 Å². The number of piperidine rings is 1. The number of likely N-dealkylation sites (tertiary alicyclic amines) is 1. The highest BCUT2D eigenvalue weighted by Crippen LogP contribution is 2.30. The number of Topliss-reactive ketones (excluding diaryl/α,β-unsaturated/α-hetero) is 2. The van der Waals surface area contributed by atoms with Crippen LogP contribution in [0.2, 0.25) is 0 Å². The summed E-state index contributed by atoms with van der Waals surface area (Å²) in [6.07, 6.45) is 2.26. The Bertz CT molecular complexity index is 340. The molecule has 1 aliphatic carbocycles. The van der Waals surface area contributed by atoms with Gasteiger partial charge in [0.1, 0.15) is 0 Å². The van der Waals surface area contributed by atoms with E-state index in [1.165, 1.54) is 13.3 Å². The topological polar surface area (TPSA) is 57.6 Å². The standard InChI is InChI=1S/C11H15NO3/c1-7(13)8-9(11(15)10(8)14)12-5-3-2-4-6-12/h11,15H,2-6H2,1H3. The zero-order valence-electron chi connectivity index (χ0n) is 8.82. The van der Waals surface area contributed by atoms with Crippen LogP contribution in [0.1, 0.15) is 26.2 Å². The molecule has 0 radical (unpaired) electrons. The summed E-state index contributed by atoms with van der Waals surface area (Å²) in [5.41, 5.74) is 0.775. The van der Waals surface area contributed by atoms with Crippen LogP contribution in [0.3, 0.4) is 0 Å². The van der Waals surface area contributed by atoms with E-state index in [9.17, 15) is 14.7 Å². The van der Waals surface area contributed by atoms with Gasteiger partial charge in [0.05, 0.1) is 11.3 Å². The minimum Gasteiger partial charge on any atom is -0.379 e. The molecule has 2 aliphatic rings. The molecule has 1 N–H and O–H groups in total. The lowest BCUT2D eigenvalue weighted by Crippen LogP contribution is -2.48. The summed E-state index contributed by atoms with van der Waals surface area (Å²) in [6.45, 7) is 3.07. The molecule has 4 nitrogen and oxygen atoms in total. The fraction of sp³-hybridized carbons (Fsp3) is 0.636. The molecule has 1 fully saturated rings. The number of rotatable bonds is 2. The van der Waals surface area contributed by atoms with Crippen LogP contribution in [0.4, 0.5) is 0 Å². The zero-order chi connectivity index (χ0) is 11.0. The van der Waals surface area contributed by atoms with E-state index in [4.69, 9.17) is 0 Å². The summed E-state index contributed by atoms with van der Waals surface area (Å²) >= 11 is 0. The van der Waals surface area contributed by atoms with Crippen molar-refractivity contribution in [2.75, 3.05) is 13.1 Å². The highest BCUT2D eigenvalue weighted by Gasteiger charge is 2.43. The summed E-state index contributed by atoms with van der Waals surface area (Å²) in [5, 5.41) is 9.55. The number of aliphatic hydroxyl groups is 1. The predicted molar refractivity (Wildman–Crippen MR) is 54.1 cm³/mol. The second-order valence-corrected chi connectivity index (χ2v) is 4.13. The maximum Gasteiger partial charge on any atom is 0.202 e. The van der Waals surface area contributed by atoms with Crippen molar-refractivity contribution in [3.05, 3.63) is 11.3 Å². The number of hydrogen-bond donors (Lipinski definition) is 1. The second kappa shape index (κ2) is 3.77. The molecule has 1 aliphatic heterocycles. The van der Waals surface area contributed by atoms with Crippen molar-refractivity contribution in [3.8, 4) is 0 Å². The van der Waals surface area contributed by atoms with Gasteiger partial charge in [-0.15, -0.1) is 0 Å². The fourth-order valence-corrected chi connectivity index (χ4v) is 2.27. The molecular formula is C11H15NO3. The monoisotopic (exact) mass is 209 g/mol. The van der Waals surface area contributed by atoms with Crippen LogP contribution in [0.25, 0.3) is 0 Å². The van der Waals surface area contributed by atoms with E-state index in [1.807, 2.05) is 4.90 Å². The Balaban J connectivity index is 2.25. The van der Waals surface area contributed by atoms with Gasteiger partial charge in [-0.1, -0.05) is 0 Å². The molecule has 1 saturated heterocycles. The second-order valence-electron chi connectivity index (χ2n) is 4.13. The van der Waals surface area contributed by atoms with Gasteiger partial charge >= 0.3 is 0 Å². The third-order valence-corrected chi connectivity index (χ3v) is 3.06. The van der Waals surface area contributed by atoms with Gasteiger partial charge in [0.15, 0.2) is 11.9 Å². The van der Waals surface area contributed by atoms with Crippen LogP contribution in [0, 0.1) is 0 Å². The number of carbonyl (C=O) groups is 2. The van der Waals surface area contributed by atoms with Gasteiger partial charge in [0.2, 0.25) is 5.78 Å². The Morgan fingerprint density at radius 2 is 1.93 bits per heavy atom. The molecule has 15 heavy (non-hydrogen) atoms. The lowest BCUT2D eigenvalue weighted by atomic mass is 9.85. The van der Waals surface area contributed by atoms with Gasteiger partial charge in [0, 0.05) is 13.1 Å². The number of ketones is 2. The summed E-state index contributed by atoms with van der Waals surface area (Å²) in [7, 11) is 0. The van der Waals surface area contributed by atoms with Gasteiger partial charge in [0.25, 0.3) is 0 Å². The first-order chi connectivity index (χ1) is 7.13. The van der Waals surface area contributed by atoms with Gasteiger partial charge in [-0.3, -0.25) is 9.59 Å². The van der Waals surface area contributed by atoms with Crippen LogP contribution in [0.15, 0.2) is 11.3 Å². The van der Waals surface area contributed by atoms with Gasteiger partial charge in [-0.25, -0.2) is 0 Å². The van der Waals surface area contributed by atoms with Gasteiger partial charge in [-0.2, -0.15) is 0 Å². The van der Waals surface area contributed by atoms with E-state index in [0.29, 0.717) is 5.70 Å². The van der Waals surface area contributed by atoms with E-state index < -0.39 is 11.9 Å². The molecule has 1 unspecified atom stereocenters. The molecule has 4 heteroatoms. The lowest BCUT2D eigenvalue weighted by molar-refractivity contribution is -0.129. The predicted octanol–water partition coefficient (Wildman–Crippen LogP) is 0.259. The third-order valence-electron chi connectivity index (χ3n) is 3.06. The first-order valence-electron chi connectivity index (χ1n) is 5.35. The highest BCUT2D eigenvalue weighted by atomic mass is 16.3. The number of hydrogen-bond acceptors (Lipinski definition) is 4. The quantitative estimate of drug-likeness (QED) is 0.663. The molecule has 0 saturated carbocycles. The first-order valence-corrected chi connectivity index (χ1v) is 5.35. The molecule has 0 bridgehead atoms. The molecule has 0 spiro atoms. The van der Waals surface area contributed by atoms with Crippen LogP contribution in [-0.4, -0.2) is 40.8 Å². The van der Waals surface area contributed by atoms with Crippen molar-refractivity contribution in [1.82, 2.24) is 4.90 Å². The SMILES string of the molecule is CC(=O)C1=C(N2CCCCC2)C(O)C1=O. The minimum atomic E-state index is -1.05. The molecule has 0 aromatic heterocycles. The van der Waals surface area contributed by atoms with Crippen molar-refractivity contribution < 1.29 is 14.7 Å². The highest BCUT2D eigenvalue weighted by molar-refractivity contribution is 6.27. The maximum absolute atomic E-state index is 11.3. The van der Waals surface area contributed by atoms with Gasteiger partial charge < -0.3 is 10.0 Å². The molecule has 0 amide bonds. The molecule has 0 aromatic rings. The lowest BCUT2D eigenvalue weighted by Gasteiger charge is -2.38. The average Bonchev–Trinajstić information content (AvgIpc) is 2.25. The summed E-state index contributed by atoms with van der Waals surface area (Å²) in [5.74, 6) is -0.644. The van der Waals surface area contributed by atoms with Crippen molar-refractivity contribution in [2.24, 2.45) is 0 Å². The van der Waals surface area contributed by atoms with Crippen LogP contribution >= 0.6 is 0 Å². The summed E-state index contributed by atoms with van der Waals surface area (Å²) in [6, 6.07) is 0. The molecular weight excluding hydrogens is 194 g/mol. The number of aliphatic hydroxyl groups excluding tert-OH is 1. The van der Waals surface area contributed by atoms with E-state index in [-0.39, 0.29) is 11.4 Å². The molecule has 1 heterocycles. The largest absolute Gasteiger partial charge is 0.379 e. The maximum atomic E-state index is 11.3. The van der Waals surface area contributed by atoms with Crippen molar-refractivity contribution in [2.45, 2.75) is 32.3 Å². The van der Waals surface area contributed by atoms with Crippen molar-refractivity contribution in [3.63, 3.8) is 0 Å². The van der Waals surface area contributed by atoms with Gasteiger partial charge in [-0.05, 0) is 26.2 Å². The summed E-state index contributed by atoms with van der Waals surface area (Å²) in [4.78, 5) is 24.5. The Hall–Kier alpha value is -1.16. The summed E-state index contributed by atoms with van der Waals surface area (Å²) < 4.78 is 0. The van der Waals surface area contributed by atoms with Crippen molar-refractivity contribution >= 4 is 11.6 Å². The third kappa shape index (κ3) is 1.59. The fourth-order valence-electron chi connectivity index (χ4n) is 2.27. The van der Waals surface area contributed by atoms with Crippen LogP contribution in [0.5, 0.6) is 0 Å².